The number of nitrogens with zero attached hydrogens (tertiary/aromatic N) is 1. The minimum absolute atomic E-state index is 0. The molecule has 4 aromatic rings. The third kappa shape index (κ3) is 5.11. The first-order chi connectivity index (χ1) is 16.6. The van der Waals surface area contributed by atoms with Crippen LogP contribution < -0.4 is 15.0 Å². The monoisotopic (exact) mass is 488 g/mol. The van der Waals surface area contributed by atoms with Crippen molar-refractivity contribution in [1.82, 2.24) is 5.32 Å². The van der Waals surface area contributed by atoms with Gasteiger partial charge in [0.25, 0.3) is 0 Å². The summed E-state index contributed by atoms with van der Waals surface area (Å²) in [7, 11) is 0. The van der Waals surface area contributed by atoms with Crippen molar-refractivity contribution in [2.75, 3.05) is 18.0 Å². The summed E-state index contributed by atoms with van der Waals surface area (Å²) < 4.78 is 6.31. The van der Waals surface area contributed by atoms with Gasteiger partial charge in [-0.2, -0.15) is 0 Å². The number of ether oxygens (including phenoxy) is 1. The molecule has 0 saturated carbocycles. The molecule has 1 aliphatic heterocycles. The Morgan fingerprint density at radius 3 is 2.49 bits per heavy atom. The number of hydrogen-bond donors (Lipinski definition) is 2. The Bertz CT molecular complexity index is 1320. The van der Waals surface area contributed by atoms with E-state index in [9.17, 15) is 9.90 Å². The molecular formula is C29H29ClN2O3. The summed E-state index contributed by atoms with van der Waals surface area (Å²) in [5.74, 6) is -0.150. The second kappa shape index (κ2) is 10.8. The quantitative estimate of drug-likeness (QED) is 0.307. The third-order valence-electron chi connectivity index (χ3n) is 6.47. The maximum absolute atomic E-state index is 11.9. The molecule has 2 atom stereocenters. The first-order valence-corrected chi connectivity index (χ1v) is 11.7. The molecule has 35 heavy (non-hydrogen) atoms. The highest BCUT2D eigenvalue weighted by Crippen LogP contribution is 2.39. The number of halogens is 1. The van der Waals surface area contributed by atoms with Crippen molar-refractivity contribution in [2.24, 2.45) is 0 Å². The van der Waals surface area contributed by atoms with E-state index in [1.807, 2.05) is 36.4 Å². The molecule has 0 spiro atoms. The van der Waals surface area contributed by atoms with Crippen LogP contribution in [-0.2, 0) is 0 Å². The predicted octanol–water partition coefficient (Wildman–Crippen LogP) is 6.60. The van der Waals surface area contributed by atoms with Gasteiger partial charge in [0.15, 0.2) is 0 Å². The SMILES string of the molecule is C[C@@H](NCCC1CN(c2ccccc2C(=O)O)c2ccccc2O1)c1cccc2ccccc12.Cl. The zero-order valence-electron chi connectivity index (χ0n) is 19.6. The topological polar surface area (TPSA) is 61.8 Å². The van der Waals surface area contributed by atoms with E-state index in [4.69, 9.17) is 4.74 Å². The van der Waals surface area contributed by atoms with Gasteiger partial charge >= 0.3 is 5.97 Å². The number of fused-ring (bicyclic) bond motifs is 2. The van der Waals surface area contributed by atoms with E-state index in [0.717, 1.165) is 24.4 Å². The summed E-state index contributed by atoms with van der Waals surface area (Å²) in [6, 6.07) is 30.1. The average molecular weight is 489 g/mol. The summed E-state index contributed by atoms with van der Waals surface area (Å²) in [5.41, 5.74) is 3.16. The molecule has 5 nitrogen and oxygen atoms in total. The van der Waals surface area contributed by atoms with Crippen molar-refractivity contribution in [3.8, 4) is 5.75 Å². The van der Waals surface area contributed by atoms with Gasteiger partial charge in [0.1, 0.15) is 11.9 Å². The van der Waals surface area contributed by atoms with Crippen LogP contribution in [0, 0.1) is 0 Å². The van der Waals surface area contributed by atoms with Crippen molar-refractivity contribution < 1.29 is 14.6 Å². The van der Waals surface area contributed by atoms with Gasteiger partial charge < -0.3 is 20.1 Å². The molecule has 6 heteroatoms. The standard InChI is InChI=1S/C29H28N2O3.ClH/c1-20(23-13-8-10-21-9-2-3-11-24(21)23)30-18-17-22-19-31(27-15-6-7-16-28(27)34-22)26-14-5-4-12-25(26)29(32)33;/h2-16,20,22,30H,17-19H2,1H3,(H,32,33);1H/t20-,22?;/m1./s1. The molecular weight excluding hydrogens is 460 g/mol. The first-order valence-electron chi connectivity index (χ1n) is 11.7. The van der Waals surface area contributed by atoms with Gasteiger partial charge in [-0.25, -0.2) is 4.79 Å². The highest BCUT2D eigenvalue weighted by Gasteiger charge is 2.28. The van der Waals surface area contributed by atoms with Gasteiger partial charge in [-0.05, 0) is 60.5 Å². The average Bonchev–Trinajstić information content (AvgIpc) is 2.87. The highest BCUT2D eigenvalue weighted by molar-refractivity contribution is 5.96. The molecule has 0 radical (unpaired) electrons. The van der Waals surface area contributed by atoms with Crippen LogP contribution in [0.4, 0.5) is 11.4 Å². The van der Waals surface area contributed by atoms with Gasteiger partial charge in [-0.1, -0.05) is 66.7 Å². The van der Waals surface area contributed by atoms with Crippen LogP contribution in [0.3, 0.4) is 0 Å². The van der Waals surface area contributed by atoms with E-state index >= 15 is 0 Å². The van der Waals surface area contributed by atoms with Crippen LogP contribution in [0.2, 0.25) is 0 Å². The lowest BCUT2D eigenvalue weighted by atomic mass is 9.99. The minimum Gasteiger partial charge on any atom is -0.486 e. The second-order valence-electron chi connectivity index (χ2n) is 8.67. The summed E-state index contributed by atoms with van der Waals surface area (Å²) in [6.45, 7) is 3.56. The molecule has 4 aromatic carbocycles. The summed E-state index contributed by atoms with van der Waals surface area (Å²) in [5, 5.41) is 15.9. The van der Waals surface area contributed by atoms with Gasteiger partial charge in [0.05, 0.1) is 23.5 Å². The Hall–Kier alpha value is -3.54. The number of para-hydroxylation sites is 3. The Morgan fingerprint density at radius 1 is 0.971 bits per heavy atom. The zero-order chi connectivity index (χ0) is 23.5. The molecule has 1 unspecified atom stereocenters. The summed E-state index contributed by atoms with van der Waals surface area (Å²) in [6.07, 6.45) is 0.735. The lowest BCUT2D eigenvalue weighted by molar-refractivity contribution is 0.0697. The van der Waals surface area contributed by atoms with Crippen molar-refractivity contribution in [2.45, 2.75) is 25.5 Å². The normalized spacial score (nSPS) is 15.6. The lowest BCUT2D eigenvalue weighted by Gasteiger charge is -2.37. The van der Waals surface area contributed by atoms with Crippen molar-refractivity contribution in [1.29, 1.82) is 0 Å². The number of carbonyl (C=O) groups is 1. The fourth-order valence-electron chi connectivity index (χ4n) is 4.77. The van der Waals surface area contributed by atoms with Crippen LogP contribution in [0.1, 0.15) is 35.3 Å². The smallest absolute Gasteiger partial charge is 0.337 e. The third-order valence-corrected chi connectivity index (χ3v) is 6.47. The largest absolute Gasteiger partial charge is 0.486 e. The van der Waals surface area contributed by atoms with Gasteiger partial charge in [-0.3, -0.25) is 0 Å². The van der Waals surface area contributed by atoms with Crippen molar-refractivity contribution in [3.05, 3.63) is 102 Å². The number of rotatable bonds is 7. The fraction of sp³-hybridized carbons (Fsp3) is 0.207. The van der Waals surface area contributed by atoms with E-state index in [1.54, 1.807) is 12.1 Å². The zero-order valence-corrected chi connectivity index (χ0v) is 20.4. The molecule has 0 saturated heterocycles. The number of aromatic carboxylic acids is 1. The molecule has 5 rings (SSSR count). The fourth-order valence-corrected chi connectivity index (χ4v) is 4.77. The molecule has 0 amide bonds. The molecule has 0 fully saturated rings. The minimum atomic E-state index is -0.929. The maximum Gasteiger partial charge on any atom is 0.337 e. The molecule has 0 bridgehead atoms. The van der Waals surface area contributed by atoms with E-state index in [2.05, 4.69) is 59.6 Å². The highest BCUT2D eigenvalue weighted by atomic mass is 35.5. The molecule has 180 valence electrons. The van der Waals surface area contributed by atoms with E-state index in [0.29, 0.717) is 17.8 Å². The summed E-state index contributed by atoms with van der Waals surface area (Å²) >= 11 is 0. The number of hydrogen-bond acceptors (Lipinski definition) is 4. The Morgan fingerprint density at radius 2 is 1.66 bits per heavy atom. The Balaban J connectivity index is 0.00000289. The molecule has 1 heterocycles. The number of carboxylic acid groups (broad SMARTS) is 1. The van der Waals surface area contributed by atoms with E-state index in [1.165, 1.54) is 16.3 Å². The van der Waals surface area contributed by atoms with Crippen LogP contribution in [0.5, 0.6) is 5.75 Å². The van der Waals surface area contributed by atoms with E-state index < -0.39 is 5.97 Å². The predicted molar refractivity (Wildman–Crippen MR) is 143 cm³/mol. The van der Waals surface area contributed by atoms with Gasteiger partial charge in [0, 0.05) is 6.04 Å². The summed E-state index contributed by atoms with van der Waals surface area (Å²) in [4.78, 5) is 13.9. The number of benzene rings is 4. The van der Waals surface area contributed by atoms with Crippen molar-refractivity contribution >= 4 is 40.5 Å². The molecule has 1 aliphatic rings. The van der Waals surface area contributed by atoms with Crippen LogP contribution in [0.25, 0.3) is 10.8 Å². The van der Waals surface area contributed by atoms with Crippen molar-refractivity contribution in [3.63, 3.8) is 0 Å². The maximum atomic E-state index is 11.9. The van der Waals surface area contributed by atoms with E-state index in [-0.39, 0.29) is 24.6 Å². The van der Waals surface area contributed by atoms with Gasteiger partial charge in [0.2, 0.25) is 0 Å². The van der Waals surface area contributed by atoms with Crippen LogP contribution >= 0.6 is 12.4 Å². The Labute approximate surface area is 211 Å². The number of nitrogens with one attached hydrogen (secondary N) is 1. The second-order valence-corrected chi connectivity index (χ2v) is 8.67. The Kier molecular flexibility index (Phi) is 7.59. The number of carboxylic acids is 1. The van der Waals surface area contributed by atoms with Gasteiger partial charge in [-0.15, -0.1) is 12.4 Å². The van der Waals surface area contributed by atoms with Crippen LogP contribution in [-0.4, -0.2) is 30.3 Å². The molecule has 0 aliphatic carbocycles. The van der Waals surface area contributed by atoms with Crippen LogP contribution in [0.15, 0.2) is 91.0 Å². The molecule has 0 aromatic heterocycles. The first kappa shape index (κ1) is 24.6. The lowest BCUT2D eigenvalue weighted by Crippen LogP contribution is -2.39. The number of anilines is 2. The molecule has 2 N–H and O–H groups in total.